The molecule has 0 amide bonds. The van der Waals surface area contributed by atoms with E-state index in [-0.39, 0.29) is 22.5 Å². The second kappa shape index (κ2) is 9.65. The van der Waals surface area contributed by atoms with Crippen LogP contribution in [0.3, 0.4) is 0 Å². The molecule has 1 aliphatic carbocycles. The zero-order valence-corrected chi connectivity index (χ0v) is 25.2. The number of benzene rings is 1. The molecule has 1 unspecified atom stereocenters. The second-order valence-corrected chi connectivity index (χ2v) is 18.1. The van der Waals surface area contributed by atoms with E-state index in [0.29, 0.717) is 5.56 Å². The van der Waals surface area contributed by atoms with Crippen LogP contribution in [0.15, 0.2) is 24.3 Å². The molecule has 0 bridgehead atoms. The average molecular weight is 591 g/mol. The molecule has 0 aliphatic heterocycles. The molecule has 2 atom stereocenters. The largest absolute Gasteiger partial charge is 0.410 e. The van der Waals surface area contributed by atoms with Crippen molar-refractivity contribution >= 4 is 30.9 Å². The highest BCUT2D eigenvalue weighted by molar-refractivity contribution is 14.1. The lowest BCUT2D eigenvalue weighted by molar-refractivity contribution is 0.104. The Kier molecular flexibility index (Phi) is 7.75. The Labute approximate surface area is 220 Å². The van der Waals surface area contributed by atoms with Gasteiger partial charge in [0, 0.05) is 20.4 Å². The highest BCUT2D eigenvalue weighted by Gasteiger charge is 2.44. The van der Waals surface area contributed by atoms with Crippen LogP contribution in [0.1, 0.15) is 107 Å². The number of hydrogen-bond acceptors (Lipinski definition) is 4. The molecular weight excluding hydrogens is 551 g/mol. The van der Waals surface area contributed by atoms with Gasteiger partial charge in [-0.25, -0.2) is 0 Å². The lowest BCUT2D eigenvalue weighted by atomic mass is 9.74. The number of aliphatic hydroxyl groups is 1. The van der Waals surface area contributed by atoms with Crippen molar-refractivity contribution in [3.8, 4) is 6.07 Å². The summed E-state index contributed by atoms with van der Waals surface area (Å²) in [6, 6.07) is 9.36. The Morgan fingerprint density at radius 3 is 2.29 bits per heavy atom. The molecule has 6 heteroatoms. The smallest absolute Gasteiger partial charge is 0.192 e. The van der Waals surface area contributed by atoms with Crippen LogP contribution in [0, 0.1) is 20.3 Å². The first kappa shape index (κ1) is 27.3. The SMILES string of the molecule is CC(C)c1nc2c(c(I)c1[C@@H](O)c1ccc(C#N)cc1)C(O[Si](C)(C)C(C)(C)C)CC(C)(C)C2. The van der Waals surface area contributed by atoms with E-state index in [2.05, 4.69) is 90.2 Å². The maximum atomic E-state index is 11.6. The number of hydrogen-bond donors (Lipinski definition) is 1. The zero-order valence-electron chi connectivity index (χ0n) is 22.1. The van der Waals surface area contributed by atoms with Crippen LogP contribution in [0.25, 0.3) is 0 Å². The van der Waals surface area contributed by atoms with Gasteiger partial charge in [-0.3, -0.25) is 4.98 Å². The van der Waals surface area contributed by atoms with Gasteiger partial charge in [0.25, 0.3) is 0 Å². The molecule has 1 heterocycles. The first-order valence-corrected chi connectivity index (χ1v) is 16.1. The summed E-state index contributed by atoms with van der Waals surface area (Å²) >= 11 is 2.42. The van der Waals surface area contributed by atoms with Crippen LogP contribution in [-0.4, -0.2) is 18.4 Å². The molecular formula is C28H39IN2O2Si. The van der Waals surface area contributed by atoms with Crippen LogP contribution in [0.4, 0.5) is 0 Å². The van der Waals surface area contributed by atoms with Gasteiger partial charge in [-0.15, -0.1) is 0 Å². The Morgan fingerprint density at radius 2 is 1.79 bits per heavy atom. The number of aromatic nitrogens is 1. The van der Waals surface area contributed by atoms with Crippen LogP contribution >= 0.6 is 22.6 Å². The molecule has 0 fully saturated rings. The standard InChI is InChI=1S/C28H39IN2O2Si/c1-17(2)25-23(26(32)19-12-10-18(16-30)11-13-19)24(29)22-20(31-25)14-28(6,7)15-21(22)33-34(8,9)27(3,4)5/h10-13,17,21,26,32H,14-15H2,1-9H3/t21?,26-/m0/s1. The van der Waals surface area contributed by atoms with Gasteiger partial charge in [0.1, 0.15) is 6.10 Å². The fourth-order valence-corrected chi connectivity index (χ4v) is 6.98. The number of nitriles is 1. The van der Waals surface area contributed by atoms with Gasteiger partial charge >= 0.3 is 0 Å². The Hall–Kier alpha value is -1.27. The molecule has 2 aromatic rings. The van der Waals surface area contributed by atoms with Gasteiger partial charge in [0.2, 0.25) is 0 Å². The van der Waals surface area contributed by atoms with Gasteiger partial charge in [-0.2, -0.15) is 5.26 Å². The van der Waals surface area contributed by atoms with E-state index in [1.165, 1.54) is 0 Å². The molecule has 1 N–H and O–H groups in total. The van der Waals surface area contributed by atoms with Crippen LogP contribution in [-0.2, 0) is 10.8 Å². The number of aliphatic hydroxyl groups excluding tert-OH is 1. The minimum absolute atomic E-state index is 0.0350. The summed E-state index contributed by atoms with van der Waals surface area (Å²) in [5.41, 5.74) is 5.56. The Balaban J connectivity index is 2.20. The van der Waals surface area contributed by atoms with E-state index < -0.39 is 14.4 Å². The fraction of sp³-hybridized carbons (Fsp3) is 0.571. The van der Waals surface area contributed by atoms with Crippen LogP contribution in [0.5, 0.6) is 0 Å². The van der Waals surface area contributed by atoms with Crippen LogP contribution < -0.4 is 0 Å². The predicted molar refractivity (Wildman–Crippen MR) is 149 cm³/mol. The lowest BCUT2D eigenvalue weighted by Crippen LogP contribution is -2.44. The van der Waals surface area contributed by atoms with Crippen molar-refractivity contribution in [1.29, 1.82) is 5.26 Å². The van der Waals surface area contributed by atoms with Crippen molar-refractivity contribution in [3.63, 3.8) is 0 Å². The van der Waals surface area contributed by atoms with E-state index in [4.69, 9.17) is 14.7 Å². The Morgan fingerprint density at radius 1 is 1.21 bits per heavy atom. The van der Waals surface area contributed by atoms with E-state index >= 15 is 0 Å². The third-order valence-electron chi connectivity index (χ3n) is 7.44. The first-order valence-electron chi connectivity index (χ1n) is 12.2. The van der Waals surface area contributed by atoms with Crippen molar-refractivity contribution in [2.24, 2.45) is 5.41 Å². The normalized spacial score (nSPS) is 19.0. The zero-order chi connectivity index (χ0) is 25.6. The van der Waals surface area contributed by atoms with Crippen molar-refractivity contribution in [2.75, 3.05) is 0 Å². The molecule has 1 aliphatic rings. The van der Waals surface area contributed by atoms with Crippen LogP contribution in [0.2, 0.25) is 18.1 Å². The monoisotopic (exact) mass is 590 g/mol. The average Bonchev–Trinajstić information content (AvgIpc) is 2.70. The minimum atomic E-state index is -2.02. The number of pyridine rings is 1. The molecule has 1 aromatic carbocycles. The minimum Gasteiger partial charge on any atom is -0.410 e. The summed E-state index contributed by atoms with van der Waals surface area (Å²) in [5.74, 6) is 0.173. The van der Waals surface area contributed by atoms with Crippen molar-refractivity contribution in [2.45, 2.75) is 97.6 Å². The summed E-state index contributed by atoms with van der Waals surface area (Å²) in [6.07, 6.45) is 1.01. The first-order chi connectivity index (χ1) is 15.6. The predicted octanol–water partition coefficient (Wildman–Crippen LogP) is 7.80. The third kappa shape index (κ3) is 5.43. The van der Waals surface area contributed by atoms with E-state index in [1.54, 1.807) is 12.1 Å². The molecule has 0 saturated carbocycles. The summed E-state index contributed by atoms with van der Waals surface area (Å²) in [4.78, 5) is 5.21. The second-order valence-electron chi connectivity index (χ2n) is 12.3. The Bertz CT molecular complexity index is 1100. The molecule has 34 heavy (non-hydrogen) atoms. The quantitative estimate of drug-likeness (QED) is 0.285. The maximum Gasteiger partial charge on any atom is 0.192 e. The molecule has 4 nitrogen and oxygen atoms in total. The van der Waals surface area contributed by atoms with Crippen molar-refractivity contribution in [1.82, 2.24) is 4.98 Å². The lowest BCUT2D eigenvalue weighted by Gasteiger charge is -2.44. The topological polar surface area (TPSA) is 66.1 Å². The number of nitrogens with zero attached hydrogens (tertiary/aromatic N) is 2. The van der Waals surface area contributed by atoms with Gasteiger partial charge in [-0.05, 0) is 82.6 Å². The summed E-state index contributed by atoms with van der Waals surface area (Å²) in [7, 11) is -2.02. The van der Waals surface area contributed by atoms with Crippen molar-refractivity contribution < 1.29 is 9.53 Å². The highest BCUT2D eigenvalue weighted by atomic mass is 127. The molecule has 3 rings (SSSR count). The highest BCUT2D eigenvalue weighted by Crippen LogP contribution is 2.50. The molecule has 184 valence electrons. The summed E-state index contributed by atoms with van der Waals surface area (Å²) in [5, 5.41) is 20.8. The summed E-state index contributed by atoms with van der Waals surface area (Å²) in [6.45, 7) is 20.3. The van der Waals surface area contributed by atoms with E-state index in [0.717, 1.165) is 44.5 Å². The van der Waals surface area contributed by atoms with E-state index in [9.17, 15) is 5.11 Å². The molecule has 1 aromatic heterocycles. The van der Waals surface area contributed by atoms with E-state index in [1.807, 2.05) is 12.1 Å². The third-order valence-corrected chi connectivity index (χ3v) is 13.1. The van der Waals surface area contributed by atoms with Gasteiger partial charge in [-0.1, -0.05) is 60.6 Å². The number of halogens is 1. The molecule has 0 spiro atoms. The van der Waals surface area contributed by atoms with Gasteiger partial charge in [0.05, 0.1) is 23.4 Å². The van der Waals surface area contributed by atoms with Crippen molar-refractivity contribution in [3.05, 3.63) is 61.5 Å². The molecule has 0 saturated heterocycles. The molecule has 0 radical (unpaired) electrons. The number of fused-ring (bicyclic) bond motifs is 1. The van der Waals surface area contributed by atoms with Gasteiger partial charge < -0.3 is 9.53 Å². The number of rotatable bonds is 5. The van der Waals surface area contributed by atoms with Gasteiger partial charge in [0.15, 0.2) is 8.32 Å². The maximum absolute atomic E-state index is 11.6. The fourth-order valence-electron chi connectivity index (χ4n) is 4.48. The summed E-state index contributed by atoms with van der Waals surface area (Å²) < 4.78 is 8.11.